The summed E-state index contributed by atoms with van der Waals surface area (Å²) in [6.45, 7) is 3.52. The number of unbranched alkanes of at least 4 members (excludes halogenated alkanes) is 15. The van der Waals surface area contributed by atoms with Gasteiger partial charge in [0, 0.05) is 26.3 Å². The number of rotatable bonds is 27. The Morgan fingerprint density at radius 2 is 1.15 bits per heavy atom. The van der Waals surface area contributed by atoms with Gasteiger partial charge in [-0.15, -0.1) is 0 Å². The van der Waals surface area contributed by atoms with Crippen LogP contribution in [-0.4, -0.2) is 53.5 Å². The molecule has 0 aromatic heterocycles. The smallest absolute Gasteiger partial charge is 0.462 e. The van der Waals surface area contributed by atoms with E-state index < -0.39 is 32.5 Å². The van der Waals surface area contributed by atoms with Gasteiger partial charge >= 0.3 is 19.8 Å². The number of phosphoric acid groups is 1. The van der Waals surface area contributed by atoms with Crippen molar-refractivity contribution in [1.82, 2.24) is 5.32 Å². The fourth-order valence-electron chi connectivity index (χ4n) is 4.10. The van der Waals surface area contributed by atoms with Crippen LogP contribution in [-0.2, 0) is 32.9 Å². The van der Waals surface area contributed by atoms with Crippen LogP contribution in [0, 0.1) is 0 Å². The second-order valence-corrected chi connectivity index (χ2v) is 11.5. The molecule has 0 unspecified atom stereocenters. The highest BCUT2D eigenvalue weighted by molar-refractivity contribution is 7.46. The lowest BCUT2D eigenvalue weighted by Gasteiger charge is -2.18. The van der Waals surface area contributed by atoms with Gasteiger partial charge in [-0.25, -0.2) is 4.57 Å². The number of phosphoric ester groups is 1. The minimum absolute atomic E-state index is 0.0249. The molecule has 3 N–H and O–H groups in total. The summed E-state index contributed by atoms with van der Waals surface area (Å²) in [5.41, 5.74) is 0. The number of carbonyl (C=O) groups is 3. The van der Waals surface area contributed by atoms with Gasteiger partial charge in [0.15, 0.2) is 6.10 Å². The van der Waals surface area contributed by atoms with Crippen LogP contribution in [0.25, 0.3) is 0 Å². The van der Waals surface area contributed by atoms with Crippen molar-refractivity contribution < 1.29 is 42.7 Å². The molecular weight excluding hydrogens is 525 g/mol. The molecule has 0 aromatic rings. The summed E-state index contributed by atoms with van der Waals surface area (Å²) in [6, 6.07) is 0. The average molecular weight is 580 g/mol. The van der Waals surface area contributed by atoms with Crippen LogP contribution in [0.2, 0.25) is 0 Å². The highest BCUT2D eigenvalue weighted by Gasteiger charge is 2.22. The van der Waals surface area contributed by atoms with Gasteiger partial charge in [-0.1, -0.05) is 96.8 Å². The molecule has 10 nitrogen and oxygen atoms in total. The standard InChI is InChI=1S/C28H54NO9P/c1-3-4-5-6-7-8-9-10-11-15-18-21-28(32)38-26(24-37-39(33,34)35)23-36-27(31)20-17-14-12-13-16-19-22-29-25(2)30/h26H,3-24H2,1-2H3,(H,29,30)(H2,33,34,35)/t26-/m1/s1. The molecule has 1 amide bonds. The Bertz CT molecular complexity index is 684. The lowest BCUT2D eigenvalue weighted by Crippen LogP contribution is -2.29. The van der Waals surface area contributed by atoms with Crippen LogP contribution in [0.15, 0.2) is 0 Å². The fraction of sp³-hybridized carbons (Fsp3) is 0.893. The second kappa shape index (κ2) is 25.5. The Hall–Kier alpha value is -1.48. The molecule has 0 aromatic carbocycles. The first-order chi connectivity index (χ1) is 18.6. The van der Waals surface area contributed by atoms with E-state index in [1.54, 1.807) is 0 Å². The Labute approximate surface area is 235 Å². The predicted octanol–water partition coefficient (Wildman–Crippen LogP) is 6.12. The number of carbonyl (C=O) groups excluding carboxylic acids is 3. The Morgan fingerprint density at radius 1 is 0.692 bits per heavy atom. The summed E-state index contributed by atoms with van der Waals surface area (Å²) in [4.78, 5) is 53.0. The second-order valence-electron chi connectivity index (χ2n) is 10.2. The number of esters is 2. The first kappa shape index (κ1) is 37.5. The van der Waals surface area contributed by atoms with E-state index in [0.29, 0.717) is 19.4 Å². The first-order valence-corrected chi connectivity index (χ1v) is 16.5. The monoisotopic (exact) mass is 579 g/mol. The lowest BCUT2D eigenvalue weighted by molar-refractivity contribution is -0.161. The highest BCUT2D eigenvalue weighted by atomic mass is 31.2. The molecule has 0 rings (SSSR count). The van der Waals surface area contributed by atoms with E-state index in [1.165, 1.54) is 51.9 Å². The number of hydrogen-bond donors (Lipinski definition) is 3. The van der Waals surface area contributed by atoms with E-state index >= 15 is 0 Å². The quantitative estimate of drug-likeness (QED) is 0.0594. The van der Waals surface area contributed by atoms with Crippen molar-refractivity contribution in [3.8, 4) is 0 Å². The fourth-order valence-corrected chi connectivity index (χ4v) is 4.46. The summed E-state index contributed by atoms with van der Waals surface area (Å²) in [6.07, 6.45) is 17.6. The first-order valence-electron chi connectivity index (χ1n) is 14.9. The van der Waals surface area contributed by atoms with Crippen molar-refractivity contribution in [2.75, 3.05) is 19.8 Å². The van der Waals surface area contributed by atoms with Crippen molar-refractivity contribution in [3.05, 3.63) is 0 Å². The van der Waals surface area contributed by atoms with Crippen LogP contribution in [0.4, 0.5) is 0 Å². The summed E-state index contributed by atoms with van der Waals surface area (Å²) in [5.74, 6) is -0.980. The van der Waals surface area contributed by atoms with Gasteiger partial charge in [-0.2, -0.15) is 0 Å². The van der Waals surface area contributed by atoms with Crippen molar-refractivity contribution >= 4 is 25.7 Å². The maximum atomic E-state index is 12.2. The molecule has 230 valence electrons. The number of nitrogens with one attached hydrogen (secondary N) is 1. The largest absolute Gasteiger partial charge is 0.469 e. The van der Waals surface area contributed by atoms with Crippen molar-refractivity contribution in [3.63, 3.8) is 0 Å². The zero-order valence-corrected chi connectivity index (χ0v) is 25.2. The third-order valence-electron chi connectivity index (χ3n) is 6.32. The van der Waals surface area contributed by atoms with Gasteiger partial charge in [-0.05, 0) is 19.3 Å². The summed E-state index contributed by atoms with van der Waals surface area (Å²) in [5, 5.41) is 2.76. The molecule has 0 saturated carbocycles. The minimum atomic E-state index is -4.75. The minimum Gasteiger partial charge on any atom is -0.462 e. The maximum absolute atomic E-state index is 12.2. The van der Waals surface area contributed by atoms with Crippen molar-refractivity contribution in [2.24, 2.45) is 0 Å². The zero-order chi connectivity index (χ0) is 29.2. The van der Waals surface area contributed by atoms with E-state index in [1.807, 2.05) is 0 Å². The van der Waals surface area contributed by atoms with Crippen LogP contribution in [0.5, 0.6) is 0 Å². The Morgan fingerprint density at radius 3 is 1.64 bits per heavy atom. The van der Waals surface area contributed by atoms with Crippen LogP contribution >= 0.6 is 7.82 Å². The number of ether oxygens (including phenoxy) is 2. The zero-order valence-electron chi connectivity index (χ0n) is 24.3. The van der Waals surface area contributed by atoms with Gasteiger partial charge in [0.25, 0.3) is 0 Å². The summed E-state index contributed by atoms with van der Waals surface area (Å²) < 4.78 is 26.0. The van der Waals surface area contributed by atoms with E-state index in [2.05, 4.69) is 16.8 Å². The predicted molar refractivity (Wildman–Crippen MR) is 151 cm³/mol. The molecule has 0 aliphatic carbocycles. The van der Waals surface area contributed by atoms with E-state index in [4.69, 9.17) is 19.3 Å². The molecule has 0 spiro atoms. The van der Waals surface area contributed by atoms with E-state index in [-0.39, 0.29) is 25.4 Å². The molecule has 0 fully saturated rings. The highest BCUT2D eigenvalue weighted by Crippen LogP contribution is 2.35. The molecular formula is C28H54NO9P. The number of amides is 1. The van der Waals surface area contributed by atoms with Gasteiger partial charge in [0.1, 0.15) is 6.61 Å². The summed E-state index contributed by atoms with van der Waals surface area (Å²) >= 11 is 0. The van der Waals surface area contributed by atoms with Crippen LogP contribution in [0.3, 0.4) is 0 Å². The SMILES string of the molecule is CCCCCCCCCCCCCC(=O)O[C@H](COC(=O)CCCCCCCCNC(C)=O)COP(=O)(O)O. The lowest BCUT2D eigenvalue weighted by atomic mass is 10.1. The number of hydrogen-bond acceptors (Lipinski definition) is 7. The van der Waals surface area contributed by atoms with Crippen molar-refractivity contribution in [1.29, 1.82) is 0 Å². The van der Waals surface area contributed by atoms with Gasteiger partial charge in [0.05, 0.1) is 6.61 Å². The molecule has 0 aliphatic heterocycles. The third-order valence-corrected chi connectivity index (χ3v) is 6.81. The summed E-state index contributed by atoms with van der Waals surface area (Å²) in [7, 11) is -4.75. The van der Waals surface area contributed by atoms with Crippen LogP contribution in [0.1, 0.15) is 136 Å². The van der Waals surface area contributed by atoms with Crippen LogP contribution < -0.4 is 5.32 Å². The van der Waals surface area contributed by atoms with Gasteiger partial charge in [0.2, 0.25) is 5.91 Å². The maximum Gasteiger partial charge on any atom is 0.469 e. The normalized spacial score (nSPS) is 12.2. The molecule has 0 radical (unpaired) electrons. The average Bonchev–Trinajstić information content (AvgIpc) is 2.87. The Kier molecular flexibility index (Phi) is 24.5. The molecule has 0 aliphatic rings. The molecule has 0 bridgehead atoms. The molecule has 0 saturated heterocycles. The molecule has 11 heteroatoms. The molecule has 39 heavy (non-hydrogen) atoms. The topological polar surface area (TPSA) is 148 Å². The van der Waals surface area contributed by atoms with E-state index in [0.717, 1.165) is 51.4 Å². The van der Waals surface area contributed by atoms with Gasteiger partial charge in [-0.3, -0.25) is 18.9 Å². The third kappa shape index (κ3) is 29.3. The molecule has 1 atom stereocenters. The Balaban J connectivity index is 4.05. The van der Waals surface area contributed by atoms with Crippen molar-refractivity contribution in [2.45, 2.75) is 142 Å². The van der Waals surface area contributed by atoms with E-state index in [9.17, 15) is 18.9 Å². The molecule has 0 heterocycles. The van der Waals surface area contributed by atoms with Gasteiger partial charge < -0.3 is 24.6 Å².